The van der Waals surface area contributed by atoms with Gasteiger partial charge < -0.3 is 20.1 Å². The predicted molar refractivity (Wildman–Crippen MR) is 120 cm³/mol. The maximum absolute atomic E-state index is 12.6. The van der Waals surface area contributed by atoms with Crippen LogP contribution in [0.3, 0.4) is 0 Å². The number of nitriles is 1. The van der Waals surface area contributed by atoms with E-state index in [1.807, 2.05) is 6.07 Å². The van der Waals surface area contributed by atoms with Gasteiger partial charge in [0.25, 0.3) is 5.91 Å². The van der Waals surface area contributed by atoms with Crippen LogP contribution in [-0.2, 0) is 0 Å². The van der Waals surface area contributed by atoms with Crippen molar-refractivity contribution in [3.05, 3.63) is 46.9 Å². The molecular formula is C23H26ClN5O3. The molecule has 0 unspecified atom stereocenters. The van der Waals surface area contributed by atoms with E-state index in [0.29, 0.717) is 34.9 Å². The normalized spacial score (nSPS) is 21.6. The first-order chi connectivity index (χ1) is 15.5. The van der Waals surface area contributed by atoms with Crippen LogP contribution in [0.2, 0.25) is 5.02 Å². The van der Waals surface area contributed by atoms with Gasteiger partial charge in [-0.1, -0.05) is 11.6 Å². The van der Waals surface area contributed by atoms with Crippen molar-refractivity contribution >= 4 is 23.3 Å². The molecule has 2 N–H and O–H groups in total. The molecule has 1 aromatic carbocycles. The van der Waals surface area contributed by atoms with E-state index in [-0.39, 0.29) is 24.2 Å². The highest BCUT2D eigenvalue weighted by atomic mass is 35.5. The largest absolute Gasteiger partial charge is 0.490 e. The molecule has 168 valence electrons. The third kappa shape index (κ3) is 5.47. The topological polar surface area (TPSA) is 111 Å². The molecule has 2 heterocycles. The Morgan fingerprint density at radius 3 is 2.53 bits per heavy atom. The van der Waals surface area contributed by atoms with Gasteiger partial charge in [0.05, 0.1) is 35.2 Å². The smallest absolute Gasteiger partial charge is 0.271 e. The average Bonchev–Trinajstić information content (AvgIpc) is 2.81. The maximum Gasteiger partial charge on any atom is 0.271 e. The van der Waals surface area contributed by atoms with Crippen molar-refractivity contribution in [2.75, 3.05) is 18.0 Å². The lowest BCUT2D eigenvalue weighted by molar-refractivity contribution is 0.0888. The molecule has 1 aliphatic carbocycles. The van der Waals surface area contributed by atoms with Crippen LogP contribution in [0.25, 0.3) is 0 Å². The first-order valence-corrected chi connectivity index (χ1v) is 11.3. The molecule has 9 heteroatoms. The number of nitrogens with one attached hydrogen (secondary N) is 1. The number of anilines is 1. The molecule has 1 amide bonds. The Hall–Kier alpha value is -2.89. The Morgan fingerprint density at radius 1 is 1.16 bits per heavy atom. The number of halogens is 1. The number of hydrogen-bond donors (Lipinski definition) is 2. The Labute approximate surface area is 192 Å². The van der Waals surface area contributed by atoms with Crippen LogP contribution in [-0.4, -0.2) is 52.3 Å². The number of amides is 1. The van der Waals surface area contributed by atoms with Crippen molar-refractivity contribution in [2.24, 2.45) is 0 Å². The van der Waals surface area contributed by atoms with Gasteiger partial charge >= 0.3 is 0 Å². The number of aliphatic hydroxyl groups is 1. The van der Waals surface area contributed by atoms with Gasteiger partial charge in [0.1, 0.15) is 23.3 Å². The minimum atomic E-state index is -0.244. The molecule has 0 spiro atoms. The Bertz CT molecular complexity index is 978. The summed E-state index contributed by atoms with van der Waals surface area (Å²) in [5.41, 5.74) is 0.729. The first-order valence-electron chi connectivity index (χ1n) is 10.9. The fraction of sp³-hybridized carbons (Fsp3) is 0.478. The summed E-state index contributed by atoms with van der Waals surface area (Å²) < 4.78 is 6.00. The zero-order valence-electron chi connectivity index (χ0n) is 17.7. The van der Waals surface area contributed by atoms with E-state index in [1.54, 1.807) is 24.4 Å². The van der Waals surface area contributed by atoms with E-state index in [0.717, 1.165) is 44.6 Å². The number of nitrogens with zero attached hydrogens (tertiary/aromatic N) is 4. The van der Waals surface area contributed by atoms with Crippen molar-refractivity contribution in [3.63, 3.8) is 0 Å². The number of carbonyl (C=O) groups excluding carboxylic acids is 1. The summed E-state index contributed by atoms with van der Waals surface area (Å²) >= 11 is 6.07. The molecule has 32 heavy (non-hydrogen) atoms. The van der Waals surface area contributed by atoms with Crippen molar-refractivity contribution in [1.29, 1.82) is 5.26 Å². The van der Waals surface area contributed by atoms with Gasteiger partial charge in [-0.05, 0) is 50.7 Å². The van der Waals surface area contributed by atoms with Crippen LogP contribution in [0.5, 0.6) is 5.75 Å². The number of carbonyl (C=O) groups is 1. The van der Waals surface area contributed by atoms with Crippen molar-refractivity contribution < 1.29 is 14.6 Å². The minimum absolute atomic E-state index is 0.0503. The quantitative estimate of drug-likeness (QED) is 0.712. The summed E-state index contributed by atoms with van der Waals surface area (Å²) in [5.74, 6) is 1.16. The van der Waals surface area contributed by atoms with Crippen LogP contribution in [0.1, 0.15) is 54.6 Å². The second kappa shape index (κ2) is 10.2. The Morgan fingerprint density at radius 2 is 1.91 bits per heavy atom. The summed E-state index contributed by atoms with van der Waals surface area (Å²) in [5, 5.41) is 22.0. The molecule has 2 aliphatic rings. The highest BCUT2D eigenvalue weighted by molar-refractivity contribution is 6.31. The highest BCUT2D eigenvalue weighted by Gasteiger charge is 2.25. The van der Waals surface area contributed by atoms with E-state index >= 15 is 0 Å². The van der Waals surface area contributed by atoms with Crippen molar-refractivity contribution in [1.82, 2.24) is 15.3 Å². The Balaban J connectivity index is 1.24. The molecule has 8 nitrogen and oxygen atoms in total. The van der Waals surface area contributed by atoms with Crippen LogP contribution < -0.4 is 15.0 Å². The molecular weight excluding hydrogens is 430 g/mol. The lowest BCUT2D eigenvalue weighted by Gasteiger charge is -2.30. The third-order valence-corrected chi connectivity index (χ3v) is 6.35. The van der Waals surface area contributed by atoms with Crippen LogP contribution >= 0.6 is 11.6 Å². The summed E-state index contributed by atoms with van der Waals surface area (Å²) in [4.78, 5) is 23.3. The van der Waals surface area contributed by atoms with E-state index in [9.17, 15) is 9.90 Å². The number of rotatable bonds is 5. The number of aliphatic hydroxyl groups excluding tert-OH is 1. The lowest BCUT2D eigenvalue weighted by Crippen LogP contribution is -2.40. The number of benzene rings is 1. The molecule has 2 fully saturated rings. The van der Waals surface area contributed by atoms with Gasteiger partial charge in [-0.2, -0.15) is 5.26 Å². The van der Waals surface area contributed by atoms with Gasteiger partial charge in [-0.25, -0.2) is 9.97 Å². The maximum atomic E-state index is 12.6. The molecule has 0 bridgehead atoms. The second-order valence-corrected chi connectivity index (χ2v) is 8.70. The van der Waals surface area contributed by atoms with Gasteiger partial charge in [0.2, 0.25) is 0 Å². The summed E-state index contributed by atoms with van der Waals surface area (Å²) in [7, 11) is 0. The first kappa shape index (κ1) is 22.3. The SMILES string of the molecule is N#Cc1ccc(OC2CCC(NC(=O)c3cnc(N4CCC(O)CC4)cn3)CC2)cc1Cl. The molecule has 2 aromatic rings. The minimum Gasteiger partial charge on any atom is -0.490 e. The highest BCUT2D eigenvalue weighted by Crippen LogP contribution is 2.27. The van der Waals surface area contributed by atoms with Gasteiger partial charge in [0, 0.05) is 25.2 Å². The summed E-state index contributed by atoms with van der Waals surface area (Å²) in [6, 6.07) is 7.19. The average molecular weight is 456 g/mol. The molecule has 1 saturated carbocycles. The van der Waals surface area contributed by atoms with Crippen LogP contribution in [0.15, 0.2) is 30.6 Å². The molecule has 1 aromatic heterocycles. The monoisotopic (exact) mass is 455 g/mol. The van der Waals surface area contributed by atoms with Crippen molar-refractivity contribution in [2.45, 2.75) is 56.8 Å². The molecule has 1 aliphatic heterocycles. The molecule has 0 atom stereocenters. The van der Waals surface area contributed by atoms with E-state index in [4.69, 9.17) is 21.6 Å². The van der Waals surface area contributed by atoms with Crippen LogP contribution in [0, 0.1) is 11.3 Å². The fourth-order valence-corrected chi connectivity index (χ4v) is 4.35. The standard InChI is InChI=1S/C23H26ClN5O3/c24-20-11-19(4-1-15(20)12-25)32-18-5-2-16(3-6-18)28-23(31)21-13-27-22(14-26-21)29-9-7-17(30)8-10-29/h1,4,11,13-14,16-18,30H,2-3,5-10H2,(H,28,31). The van der Waals surface area contributed by atoms with Gasteiger partial charge in [0.15, 0.2) is 0 Å². The zero-order valence-corrected chi connectivity index (χ0v) is 18.5. The zero-order chi connectivity index (χ0) is 22.5. The summed E-state index contributed by atoms with van der Waals surface area (Å²) in [6.07, 6.45) is 7.62. The van der Waals surface area contributed by atoms with E-state index in [2.05, 4.69) is 20.2 Å². The Kier molecular flexibility index (Phi) is 7.08. The fourth-order valence-electron chi connectivity index (χ4n) is 4.13. The van der Waals surface area contributed by atoms with E-state index in [1.165, 1.54) is 6.20 Å². The molecule has 1 saturated heterocycles. The van der Waals surface area contributed by atoms with E-state index < -0.39 is 0 Å². The molecule has 0 radical (unpaired) electrons. The number of hydrogen-bond acceptors (Lipinski definition) is 7. The van der Waals surface area contributed by atoms with Gasteiger partial charge in [-0.3, -0.25) is 4.79 Å². The second-order valence-electron chi connectivity index (χ2n) is 8.30. The number of ether oxygens (including phenoxy) is 1. The van der Waals surface area contributed by atoms with Gasteiger partial charge in [-0.15, -0.1) is 0 Å². The number of piperidine rings is 1. The van der Waals surface area contributed by atoms with Crippen LogP contribution in [0.4, 0.5) is 5.82 Å². The third-order valence-electron chi connectivity index (χ3n) is 6.03. The number of aromatic nitrogens is 2. The van der Waals surface area contributed by atoms with Crippen molar-refractivity contribution in [3.8, 4) is 11.8 Å². The predicted octanol–water partition coefficient (Wildman–Crippen LogP) is 3.08. The lowest BCUT2D eigenvalue weighted by atomic mass is 9.93. The molecule has 4 rings (SSSR count). The summed E-state index contributed by atoms with van der Waals surface area (Å²) in [6.45, 7) is 1.47.